The molecule has 1 aromatic heterocycles. The van der Waals surface area contributed by atoms with E-state index in [1.54, 1.807) is 35.8 Å². The van der Waals surface area contributed by atoms with Crippen LogP contribution in [0, 0.1) is 0 Å². The van der Waals surface area contributed by atoms with Crippen molar-refractivity contribution in [1.29, 1.82) is 0 Å². The summed E-state index contributed by atoms with van der Waals surface area (Å²) in [7, 11) is 0. The Morgan fingerprint density at radius 3 is 2.52 bits per heavy atom. The zero-order chi connectivity index (χ0) is 17.1. The lowest BCUT2D eigenvalue weighted by atomic mass is 10.0. The van der Waals surface area contributed by atoms with Crippen molar-refractivity contribution >= 4 is 33.5 Å². The van der Waals surface area contributed by atoms with E-state index in [-0.39, 0.29) is 18.3 Å². The molecule has 0 aliphatic carbocycles. The number of aromatic nitrogens is 2. The maximum absolute atomic E-state index is 12.2. The van der Waals surface area contributed by atoms with Gasteiger partial charge in [0.15, 0.2) is 10.4 Å². The number of carbonyl (C=O) groups excluding carboxylic acids is 1. The fourth-order valence-corrected chi connectivity index (χ4v) is 3.23. The summed E-state index contributed by atoms with van der Waals surface area (Å²) < 4.78 is 7.29. The highest BCUT2D eigenvalue weighted by Crippen LogP contribution is 2.32. The van der Waals surface area contributed by atoms with E-state index >= 15 is 0 Å². The number of imidazole rings is 1. The average Bonchev–Trinajstić information content (AvgIpc) is 2.85. The maximum Gasteiger partial charge on any atom is 0.358 e. The predicted octanol–water partition coefficient (Wildman–Crippen LogP) is 4.14. The molecule has 2 aromatic rings. The molecule has 0 bridgehead atoms. The van der Waals surface area contributed by atoms with E-state index in [1.807, 2.05) is 13.8 Å². The molecule has 0 aliphatic rings. The maximum atomic E-state index is 12.2. The SMILES string of the molecule is CCOC(=O)c1nc(Br)n(C(C)C)c1[C@H](O)c1ccc(Cl)cc1. The Hall–Kier alpha value is -1.37. The smallest absolute Gasteiger partial charge is 0.358 e. The van der Waals surface area contributed by atoms with Gasteiger partial charge >= 0.3 is 5.97 Å². The Labute approximate surface area is 148 Å². The van der Waals surface area contributed by atoms with Crippen molar-refractivity contribution in [1.82, 2.24) is 9.55 Å². The number of halogens is 2. The van der Waals surface area contributed by atoms with E-state index in [4.69, 9.17) is 16.3 Å². The van der Waals surface area contributed by atoms with Crippen LogP contribution >= 0.6 is 27.5 Å². The van der Waals surface area contributed by atoms with E-state index in [9.17, 15) is 9.90 Å². The summed E-state index contributed by atoms with van der Waals surface area (Å²) in [6, 6.07) is 6.81. The topological polar surface area (TPSA) is 64.3 Å². The minimum absolute atomic E-state index is 0.00278. The lowest BCUT2D eigenvalue weighted by molar-refractivity contribution is 0.0513. The minimum Gasteiger partial charge on any atom is -0.461 e. The van der Waals surface area contributed by atoms with Crippen molar-refractivity contribution in [3.05, 3.63) is 51.0 Å². The van der Waals surface area contributed by atoms with Gasteiger partial charge < -0.3 is 14.4 Å². The minimum atomic E-state index is -1.02. The highest BCUT2D eigenvalue weighted by Gasteiger charge is 2.29. The lowest BCUT2D eigenvalue weighted by Crippen LogP contribution is -2.16. The summed E-state index contributed by atoms with van der Waals surface area (Å²) in [6.07, 6.45) is -1.02. The van der Waals surface area contributed by atoms with Crippen LogP contribution in [0.1, 0.15) is 54.7 Å². The van der Waals surface area contributed by atoms with Gasteiger partial charge in [-0.05, 0) is 54.4 Å². The van der Waals surface area contributed by atoms with Crippen molar-refractivity contribution in [2.24, 2.45) is 0 Å². The van der Waals surface area contributed by atoms with Crippen LogP contribution in [0.25, 0.3) is 0 Å². The van der Waals surface area contributed by atoms with Gasteiger partial charge in [-0.2, -0.15) is 0 Å². The first-order chi connectivity index (χ1) is 10.9. The third kappa shape index (κ3) is 3.76. The van der Waals surface area contributed by atoms with E-state index in [0.717, 1.165) is 0 Å². The summed E-state index contributed by atoms with van der Waals surface area (Å²) in [5.74, 6) is -0.560. The molecule has 0 unspecified atom stereocenters. The van der Waals surface area contributed by atoms with Gasteiger partial charge in [0.2, 0.25) is 0 Å². The number of ether oxygens (including phenoxy) is 1. The first kappa shape index (κ1) is 18.0. The van der Waals surface area contributed by atoms with Crippen molar-refractivity contribution in [2.75, 3.05) is 6.61 Å². The van der Waals surface area contributed by atoms with E-state index in [2.05, 4.69) is 20.9 Å². The molecule has 0 saturated heterocycles. The van der Waals surface area contributed by atoms with Gasteiger partial charge in [-0.15, -0.1) is 0 Å². The molecule has 1 heterocycles. The third-order valence-corrected chi connectivity index (χ3v) is 4.15. The van der Waals surface area contributed by atoms with Gasteiger partial charge in [-0.3, -0.25) is 0 Å². The molecule has 0 aliphatic heterocycles. The van der Waals surface area contributed by atoms with E-state index in [1.165, 1.54) is 0 Å². The molecule has 7 heteroatoms. The van der Waals surface area contributed by atoms with Gasteiger partial charge in [-0.1, -0.05) is 23.7 Å². The Bertz CT molecular complexity index is 698. The van der Waals surface area contributed by atoms with Crippen molar-refractivity contribution < 1.29 is 14.6 Å². The molecule has 124 valence electrons. The molecule has 23 heavy (non-hydrogen) atoms. The van der Waals surface area contributed by atoms with Crippen molar-refractivity contribution in [3.63, 3.8) is 0 Å². The Morgan fingerprint density at radius 2 is 2.00 bits per heavy atom. The van der Waals surface area contributed by atoms with Crippen LogP contribution in [-0.2, 0) is 4.74 Å². The van der Waals surface area contributed by atoms with E-state index in [0.29, 0.717) is 21.0 Å². The molecule has 0 spiro atoms. The van der Waals surface area contributed by atoms with Gasteiger partial charge in [0.1, 0.15) is 6.10 Å². The van der Waals surface area contributed by atoms with Crippen molar-refractivity contribution in [2.45, 2.75) is 32.9 Å². The van der Waals surface area contributed by atoms with Crippen LogP contribution in [0.4, 0.5) is 0 Å². The largest absolute Gasteiger partial charge is 0.461 e. The third-order valence-electron chi connectivity index (χ3n) is 3.33. The number of hydrogen-bond acceptors (Lipinski definition) is 4. The summed E-state index contributed by atoms with van der Waals surface area (Å²) >= 11 is 9.24. The molecule has 0 fully saturated rings. The van der Waals surface area contributed by atoms with Gasteiger partial charge in [0, 0.05) is 11.1 Å². The van der Waals surface area contributed by atoms with Gasteiger partial charge in [-0.25, -0.2) is 9.78 Å². The molecule has 0 amide bonds. The fourth-order valence-electron chi connectivity index (χ4n) is 2.32. The molecule has 1 atom stereocenters. The predicted molar refractivity (Wildman–Crippen MR) is 91.8 cm³/mol. The van der Waals surface area contributed by atoms with Crippen LogP contribution in [0.2, 0.25) is 5.02 Å². The Morgan fingerprint density at radius 1 is 1.39 bits per heavy atom. The monoisotopic (exact) mass is 400 g/mol. The zero-order valence-corrected chi connectivity index (χ0v) is 15.4. The highest BCUT2D eigenvalue weighted by atomic mass is 79.9. The van der Waals surface area contributed by atoms with Crippen LogP contribution in [0.15, 0.2) is 29.0 Å². The zero-order valence-electron chi connectivity index (χ0n) is 13.1. The van der Waals surface area contributed by atoms with Crippen LogP contribution in [-0.4, -0.2) is 27.2 Å². The summed E-state index contributed by atoms with van der Waals surface area (Å²) in [4.78, 5) is 16.4. The highest BCUT2D eigenvalue weighted by molar-refractivity contribution is 9.10. The first-order valence-corrected chi connectivity index (χ1v) is 8.42. The molecular formula is C16H18BrClN2O3. The van der Waals surface area contributed by atoms with Crippen LogP contribution in [0.3, 0.4) is 0 Å². The standard InChI is InChI=1S/C16H18BrClN2O3/c1-4-23-15(22)12-13(20(9(2)3)16(17)19-12)14(21)10-5-7-11(18)8-6-10/h5-9,14,21H,4H2,1-3H3/t14-/m1/s1. The Kier molecular flexibility index (Phi) is 5.84. The summed E-state index contributed by atoms with van der Waals surface area (Å²) in [5.41, 5.74) is 1.12. The van der Waals surface area contributed by atoms with Gasteiger partial charge in [0.05, 0.1) is 12.3 Å². The average molecular weight is 402 g/mol. The van der Waals surface area contributed by atoms with Crippen LogP contribution < -0.4 is 0 Å². The number of carbonyl (C=O) groups is 1. The molecule has 0 saturated carbocycles. The summed E-state index contributed by atoms with van der Waals surface area (Å²) in [6.45, 7) is 5.85. The fraction of sp³-hybridized carbons (Fsp3) is 0.375. The Balaban J connectivity index is 2.57. The number of benzene rings is 1. The van der Waals surface area contributed by atoms with Gasteiger partial charge in [0.25, 0.3) is 0 Å². The van der Waals surface area contributed by atoms with E-state index < -0.39 is 12.1 Å². The quantitative estimate of drug-likeness (QED) is 0.765. The molecule has 1 N–H and O–H groups in total. The number of rotatable bonds is 5. The first-order valence-electron chi connectivity index (χ1n) is 7.25. The second-order valence-corrected chi connectivity index (χ2v) is 6.40. The molecular weight excluding hydrogens is 384 g/mol. The number of aliphatic hydroxyl groups excluding tert-OH is 1. The van der Waals surface area contributed by atoms with Crippen LogP contribution in [0.5, 0.6) is 0 Å². The van der Waals surface area contributed by atoms with Crippen molar-refractivity contribution in [3.8, 4) is 0 Å². The normalized spacial score (nSPS) is 12.5. The number of hydrogen-bond donors (Lipinski definition) is 1. The number of aliphatic hydroxyl groups is 1. The second-order valence-electron chi connectivity index (χ2n) is 5.25. The second kappa shape index (κ2) is 7.47. The molecule has 1 aromatic carbocycles. The molecule has 2 rings (SSSR count). The lowest BCUT2D eigenvalue weighted by Gasteiger charge is -2.19. The molecule has 5 nitrogen and oxygen atoms in total. The number of nitrogens with zero attached hydrogens (tertiary/aromatic N) is 2. The summed E-state index contributed by atoms with van der Waals surface area (Å²) in [5, 5.41) is 11.4. The molecule has 0 radical (unpaired) electrons. The number of esters is 1.